The molecule has 8 heteroatoms. The lowest BCUT2D eigenvalue weighted by molar-refractivity contribution is 0.0927. The summed E-state index contributed by atoms with van der Waals surface area (Å²) in [5, 5.41) is 4.52. The number of carbonyl (C=O) groups is 1. The predicted octanol–water partition coefficient (Wildman–Crippen LogP) is 5.40. The molecule has 31 heavy (non-hydrogen) atoms. The van der Waals surface area contributed by atoms with Gasteiger partial charge < -0.3 is 5.32 Å². The Morgan fingerprint density at radius 1 is 1.13 bits per heavy atom. The van der Waals surface area contributed by atoms with Crippen molar-refractivity contribution in [3.8, 4) is 0 Å². The monoisotopic (exact) mass is 476 g/mol. The summed E-state index contributed by atoms with van der Waals surface area (Å²) in [6, 6.07) is 12.7. The molecule has 2 N–H and O–H groups in total. The van der Waals surface area contributed by atoms with Crippen LogP contribution < -0.4 is 10.0 Å². The summed E-state index contributed by atoms with van der Waals surface area (Å²) in [7, 11) is -3.69. The summed E-state index contributed by atoms with van der Waals surface area (Å²) in [6.07, 6.45) is 5.57. The summed E-state index contributed by atoms with van der Waals surface area (Å²) in [5.41, 5.74) is 1.98. The molecule has 3 aromatic rings. The highest BCUT2D eigenvalue weighted by Crippen LogP contribution is 2.35. The van der Waals surface area contributed by atoms with E-state index < -0.39 is 10.0 Å². The molecule has 5 nitrogen and oxygen atoms in total. The maximum absolute atomic E-state index is 12.9. The Morgan fingerprint density at radius 2 is 1.90 bits per heavy atom. The van der Waals surface area contributed by atoms with E-state index in [1.54, 1.807) is 37.3 Å². The van der Waals surface area contributed by atoms with Gasteiger partial charge >= 0.3 is 0 Å². The molecular formula is C23H25ClN2O3S2. The minimum Gasteiger partial charge on any atom is -0.349 e. The first kappa shape index (κ1) is 22.3. The number of sulfonamides is 1. The summed E-state index contributed by atoms with van der Waals surface area (Å²) < 4.78 is 29.7. The zero-order valence-electron chi connectivity index (χ0n) is 17.3. The standard InChI is InChI=1S/C23H25ClN2O3S2/c1-15-20-13-18(24)10-11-21(20)30-23(15)31(28,29)25-14-16-6-5-7-17(12-16)22(27)26-19-8-3-2-4-9-19/h5-7,10-13,19,25H,2-4,8-9,14H2,1H3,(H,26,27). The van der Waals surface area contributed by atoms with Gasteiger partial charge in [0.1, 0.15) is 4.21 Å². The van der Waals surface area contributed by atoms with E-state index in [0.717, 1.165) is 41.3 Å². The molecule has 2 aromatic carbocycles. The molecule has 0 saturated heterocycles. The van der Waals surface area contributed by atoms with Gasteiger partial charge in [-0.1, -0.05) is 43.0 Å². The first-order chi connectivity index (χ1) is 14.8. The van der Waals surface area contributed by atoms with Gasteiger partial charge in [0.05, 0.1) is 0 Å². The highest BCUT2D eigenvalue weighted by atomic mass is 35.5. The fourth-order valence-electron chi connectivity index (χ4n) is 4.01. The maximum Gasteiger partial charge on any atom is 0.251 e. The molecule has 1 amide bonds. The van der Waals surface area contributed by atoms with E-state index in [1.165, 1.54) is 17.8 Å². The van der Waals surface area contributed by atoms with Crippen LogP contribution in [-0.2, 0) is 16.6 Å². The van der Waals surface area contributed by atoms with Gasteiger partial charge in [-0.05, 0) is 66.6 Å². The number of amides is 1. The molecule has 164 valence electrons. The number of aryl methyl sites for hydroxylation is 1. The van der Waals surface area contributed by atoms with E-state index in [1.807, 2.05) is 12.1 Å². The third-order valence-corrected chi connectivity index (χ3v) is 9.22. The number of benzene rings is 2. The second-order valence-electron chi connectivity index (χ2n) is 7.99. The van der Waals surface area contributed by atoms with Gasteiger partial charge in [-0.25, -0.2) is 13.1 Å². The number of carbonyl (C=O) groups excluding carboxylic acids is 1. The second-order valence-corrected chi connectivity index (χ2v) is 11.4. The SMILES string of the molecule is Cc1c(S(=O)(=O)NCc2cccc(C(=O)NC3CCCCC3)c2)sc2ccc(Cl)cc12. The van der Waals surface area contributed by atoms with Crippen molar-refractivity contribution >= 4 is 49.0 Å². The first-order valence-corrected chi connectivity index (χ1v) is 13.1. The summed E-state index contributed by atoms with van der Waals surface area (Å²) in [4.78, 5) is 12.6. The van der Waals surface area contributed by atoms with E-state index in [0.29, 0.717) is 16.1 Å². The molecule has 1 aromatic heterocycles. The minimum absolute atomic E-state index is 0.103. The lowest BCUT2D eigenvalue weighted by Gasteiger charge is -2.22. The number of hydrogen-bond donors (Lipinski definition) is 2. The first-order valence-electron chi connectivity index (χ1n) is 10.4. The summed E-state index contributed by atoms with van der Waals surface area (Å²) in [6.45, 7) is 1.90. The Labute approximate surface area is 191 Å². The van der Waals surface area contributed by atoms with Crippen molar-refractivity contribution in [2.45, 2.75) is 55.8 Å². The van der Waals surface area contributed by atoms with Gasteiger partial charge in [0, 0.05) is 27.9 Å². The highest BCUT2D eigenvalue weighted by molar-refractivity contribution is 7.91. The van der Waals surface area contributed by atoms with E-state index >= 15 is 0 Å². The van der Waals surface area contributed by atoms with Crippen molar-refractivity contribution in [3.05, 3.63) is 64.2 Å². The Kier molecular flexibility index (Phi) is 6.67. The van der Waals surface area contributed by atoms with E-state index in [4.69, 9.17) is 11.6 Å². The van der Waals surface area contributed by atoms with Crippen LogP contribution in [0.1, 0.15) is 53.6 Å². The third kappa shape index (κ3) is 5.12. The smallest absolute Gasteiger partial charge is 0.251 e. The highest BCUT2D eigenvalue weighted by Gasteiger charge is 2.22. The van der Waals surface area contributed by atoms with Crippen LogP contribution in [0.15, 0.2) is 46.7 Å². The number of hydrogen-bond acceptors (Lipinski definition) is 4. The molecule has 1 aliphatic carbocycles. The normalized spacial score (nSPS) is 15.3. The molecule has 0 bridgehead atoms. The van der Waals surface area contributed by atoms with Crippen LogP contribution in [0.4, 0.5) is 0 Å². The maximum atomic E-state index is 12.9. The Bertz CT molecular complexity index is 1210. The van der Waals surface area contributed by atoms with Crippen LogP contribution >= 0.6 is 22.9 Å². The van der Waals surface area contributed by atoms with Gasteiger partial charge in [-0.3, -0.25) is 4.79 Å². The Morgan fingerprint density at radius 3 is 2.68 bits per heavy atom. The van der Waals surface area contributed by atoms with Crippen LogP contribution in [0.2, 0.25) is 5.02 Å². The number of thiophene rings is 1. The summed E-state index contributed by atoms with van der Waals surface area (Å²) in [5.74, 6) is -0.103. The Hall–Kier alpha value is -1.93. The van der Waals surface area contributed by atoms with E-state index in [2.05, 4.69) is 10.0 Å². The molecule has 4 rings (SSSR count). The van der Waals surface area contributed by atoms with E-state index in [-0.39, 0.29) is 22.7 Å². The van der Waals surface area contributed by atoms with Gasteiger partial charge in [0.2, 0.25) is 0 Å². The third-order valence-electron chi connectivity index (χ3n) is 5.69. The molecule has 0 atom stereocenters. The average molecular weight is 477 g/mol. The van der Waals surface area contributed by atoms with Gasteiger partial charge in [-0.15, -0.1) is 11.3 Å². The topological polar surface area (TPSA) is 75.3 Å². The zero-order chi connectivity index (χ0) is 22.0. The largest absolute Gasteiger partial charge is 0.349 e. The molecule has 0 radical (unpaired) electrons. The lowest BCUT2D eigenvalue weighted by atomic mass is 9.95. The van der Waals surface area contributed by atoms with Crippen LogP contribution in [0, 0.1) is 6.92 Å². The zero-order valence-corrected chi connectivity index (χ0v) is 19.7. The van der Waals surface area contributed by atoms with Gasteiger partial charge in [0.15, 0.2) is 0 Å². The van der Waals surface area contributed by atoms with Crippen LogP contribution in [-0.4, -0.2) is 20.4 Å². The minimum atomic E-state index is -3.69. The lowest BCUT2D eigenvalue weighted by Crippen LogP contribution is -2.36. The molecule has 0 aliphatic heterocycles. The molecule has 1 saturated carbocycles. The van der Waals surface area contributed by atoms with Crippen molar-refractivity contribution in [2.24, 2.45) is 0 Å². The van der Waals surface area contributed by atoms with Crippen molar-refractivity contribution in [1.82, 2.24) is 10.0 Å². The number of rotatable bonds is 6. The van der Waals surface area contributed by atoms with Gasteiger partial charge in [-0.2, -0.15) is 0 Å². The van der Waals surface area contributed by atoms with Crippen molar-refractivity contribution in [3.63, 3.8) is 0 Å². The second kappa shape index (κ2) is 9.28. The van der Waals surface area contributed by atoms with Crippen molar-refractivity contribution in [1.29, 1.82) is 0 Å². The van der Waals surface area contributed by atoms with Crippen molar-refractivity contribution in [2.75, 3.05) is 0 Å². The molecule has 1 aliphatic rings. The van der Waals surface area contributed by atoms with Crippen LogP contribution in [0.25, 0.3) is 10.1 Å². The molecule has 1 heterocycles. The number of fused-ring (bicyclic) bond motifs is 1. The molecular weight excluding hydrogens is 452 g/mol. The summed E-state index contributed by atoms with van der Waals surface area (Å²) >= 11 is 7.29. The Balaban J connectivity index is 1.47. The number of halogens is 1. The molecule has 0 unspecified atom stereocenters. The van der Waals surface area contributed by atoms with Crippen LogP contribution in [0.5, 0.6) is 0 Å². The average Bonchev–Trinajstić information content (AvgIpc) is 3.10. The van der Waals surface area contributed by atoms with E-state index in [9.17, 15) is 13.2 Å². The quantitative estimate of drug-likeness (QED) is 0.499. The fourth-order valence-corrected chi connectivity index (χ4v) is 6.99. The van der Waals surface area contributed by atoms with Gasteiger partial charge in [0.25, 0.3) is 15.9 Å². The fraction of sp³-hybridized carbons (Fsp3) is 0.348. The van der Waals surface area contributed by atoms with Crippen molar-refractivity contribution < 1.29 is 13.2 Å². The predicted molar refractivity (Wildman–Crippen MR) is 126 cm³/mol. The van der Waals surface area contributed by atoms with Crippen LogP contribution in [0.3, 0.4) is 0 Å². The number of nitrogens with one attached hydrogen (secondary N) is 2. The molecule has 0 spiro atoms. The molecule has 1 fully saturated rings.